The highest BCUT2D eigenvalue weighted by Gasteiger charge is 2.17. The van der Waals surface area contributed by atoms with Crippen molar-refractivity contribution in [3.8, 4) is 0 Å². The van der Waals surface area contributed by atoms with Gasteiger partial charge in [-0.15, -0.1) is 0 Å². The maximum atomic E-state index is 10.1. The highest BCUT2D eigenvalue weighted by atomic mass is 127. The number of alkyl halides is 1. The Morgan fingerprint density at radius 1 is 2.00 bits per heavy atom. The van der Waals surface area contributed by atoms with Crippen LogP contribution in [0.5, 0.6) is 0 Å². The maximum absolute atomic E-state index is 10.1. The molecule has 0 bridgehead atoms. The molecule has 1 amide bonds. The minimum absolute atomic E-state index is 0.0325. The van der Waals surface area contributed by atoms with Crippen molar-refractivity contribution in [2.45, 2.75) is 4.11 Å². The van der Waals surface area contributed by atoms with Gasteiger partial charge in [0.2, 0.25) is 0 Å². The number of hydrogen-bond donors (Lipinski definition) is 1. The standard InChI is InChI=1S/C3H4INO2/c4-2-1-5-3(6)7-2/h2H,1H2,(H,5,6). The Labute approximate surface area is 54.6 Å². The Morgan fingerprint density at radius 2 is 2.71 bits per heavy atom. The number of nitrogens with one attached hydrogen (secondary N) is 1. The van der Waals surface area contributed by atoms with E-state index >= 15 is 0 Å². The first-order chi connectivity index (χ1) is 3.29. The first-order valence-corrected chi connectivity index (χ1v) is 3.12. The average molecular weight is 213 g/mol. The van der Waals surface area contributed by atoms with Gasteiger partial charge in [0, 0.05) is 0 Å². The van der Waals surface area contributed by atoms with Crippen LogP contribution < -0.4 is 5.32 Å². The molecule has 1 saturated heterocycles. The lowest BCUT2D eigenvalue weighted by atomic mass is 10.7. The second-order valence-electron chi connectivity index (χ2n) is 1.20. The first kappa shape index (κ1) is 5.14. The minimum Gasteiger partial charge on any atom is -0.434 e. The zero-order valence-corrected chi connectivity index (χ0v) is 5.64. The third-order valence-corrected chi connectivity index (χ3v) is 1.34. The smallest absolute Gasteiger partial charge is 0.408 e. The zero-order chi connectivity index (χ0) is 5.28. The molecule has 0 radical (unpaired) electrons. The molecule has 1 atom stereocenters. The SMILES string of the molecule is O=C1NCC(I)O1. The number of amides is 1. The normalized spacial score (nSPS) is 29.3. The lowest BCUT2D eigenvalue weighted by Crippen LogP contribution is -2.12. The van der Waals surface area contributed by atoms with Gasteiger partial charge >= 0.3 is 6.09 Å². The Balaban J connectivity index is 2.40. The monoisotopic (exact) mass is 213 g/mol. The van der Waals surface area contributed by atoms with E-state index in [1.54, 1.807) is 0 Å². The van der Waals surface area contributed by atoms with E-state index in [4.69, 9.17) is 0 Å². The number of cyclic esters (lactones) is 1. The molecular formula is C3H4INO2. The number of carbonyl (C=O) groups excluding carboxylic acids is 1. The molecular weight excluding hydrogens is 209 g/mol. The largest absolute Gasteiger partial charge is 0.434 e. The van der Waals surface area contributed by atoms with Crippen molar-refractivity contribution in [3.05, 3.63) is 0 Å². The van der Waals surface area contributed by atoms with Crippen molar-refractivity contribution in [1.82, 2.24) is 5.32 Å². The number of halogens is 1. The van der Waals surface area contributed by atoms with Gasteiger partial charge in [-0.25, -0.2) is 4.79 Å². The summed E-state index contributed by atoms with van der Waals surface area (Å²) in [6, 6.07) is 0. The molecule has 0 aromatic heterocycles. The second kappa shape index (κ2) is 1.85. The Morgan fingerprint density at radius 3 is 2.86 bits per heavy atom. The summed E-state index contributed by atoms with van der Waals surface area (Å²) in [6.45, 7) is 0.638. The van der Waals surface area contributed by atoms with Crippen molar-refractivity contribution in [1.29, 1.82) is 0 Å². The zero-order valence-electron chi connectivity index (χ0n) is 3.48. The van der Waals surface area contributed by atoms with Gasteiger partial charge in [0.25, 0.3) is 0 Å². The van der Waals surface area contributed by atoms with Crippen LogP contribution in [0.25, 0.3) is 0 Å². The molecule has 0 aliphatic carbocycles. The van der Waals surface area contributed by atoms with Crippen LogP contribution in [0.15, 0.2) is 0 Å². The lowest BCUT2D eigenvalue weighted by molar-refractivity contribution is 0.174. The highest BCUT2D eigenvalue weighted by Crippen LogP contribution is 2.05. The molecule has 1 heterocycles. The van der Waals surface area contributed by atoms with Crippen LogP contribution in [0, 0.1) is 0 Å². The molecule has 3 nitrogen and oxygen atoms in total. The molecule has 0 aromatic carbocycles. The number of ether oxygens (including phenoxy) is 1. The molecule has 0 aromatic rings. The van der Waals surface area contributed by atoms with Crippen LogP contribution in [0.3, 0.4) is 0 Å². The lowest BCUT2D eigenvalue weighted by Gasteiger charge is -1.90. The van der Waals surface area contributed by atoms with Gasteiger partial charge in [-0.3, -0.25) is 0 Å². The quantitative estimate of drug-likeness (QED) is 0.469. The molecule has 0 saturated carbocycles. The summed E-state index contributed by atoms with van der Waals surface area (Å²) in [6.07, 6.45) is -0.306. The van der Waals surface area contributed by atoms with Crippen molar-refractivity contribution in [3.63, 3.8) is 0 Å². The van der Waals surface area contributed by atoms with Crippen molar-refractivity contribution in [2.24, 2.45) is 0 Å². The molecule has 0 spiro atoms. The van der Waals surface area contributed by atoms with Gasteiger partial charge in [-0.05, 0) is 22.6 Å². The summed E-state index contributed by atoms with van der Waals surface area (Å²) in [5, 5.41) is 2.50. The molecule has 1 unspecified atom stereocenters. The topological polar surface area (TPSA) is 38.3 Å². The summed E-state index contributed by atoms with van der Waals surface area (Å²) in [5.74, 6) is 0. The minimum atomic E-state index is -0.306. The number of carbonyl (C=O) groups is 1. The van der Waals surface area contributed by atoms with Crippen LogP contribution in [-0.2, 0) is 4.74 Å². The number of rotatable bonds is 0. The Kier molecular flexibility index (Phi) is 1.36. The molecule has 1 N–H and O–H groups in total. The van der Waals surface area contributed by atoms with Crippen LogP contribution in [0.1, 0.15) is 0 Å². The molecule has 1 aliphatic rings. The first-order valence-electron chi connectivity index (χ1n) is 1.87. The molecule has 4 heteroatoms. The van der Waals surface area contributed by atoms with E-state index in [9.17, 15) is 4.79 Å². The van der Waals surface area contributed by atoms with Crippen molar-refractivity contribution >= 4 is 28.7 Å². The Bertz CT molecular complexity index is 94.9. The van der Waals surface area contributed by atoms with Gasteiger partial charge in [0.15, 0.2) is 4.11 Å². The molecule has 40 valence electrons. The van der Waals surface area contributed by atoms with Crippen molar-refractivity contribution in [2.75, 3.05) is 6.54 Å². The van der Waals surface area contributed by atoms with Crippen LogP contribution in [0.2, 0.25) is 0 Å². The van der Waals surface area contributed by atoms with E-state index in [-0.39, 0.29) is 10.2 Å². The van der Waals surface area contributed by atoms with E-state index in [1.165, 1.54) is 0 Å². The van der Waals surface area contributed by atoms with E-state index in [0.717, 1.165) is 0 Å². The molecule has 1 rings (SSSR count). The fourth-order valence-corrected chi connectivity index (χ4v) is 0.814. The summed E-state index contributed by atoms with van der Waals surface area (Å²) < 4.78 is 4.63. The fourth-order valence-electron chi connectivity index (χ4n) is 0.363. The van der Waals surface area contributed by atoms with Gasteiger partial charge in [-0.2, -0.15) is 0 Å². The third-order valence-electron chi connectivity index (χ3n) is 0.642. The summed E-state index contributed by atoms with van der Waals surface area (Å²) in [4.78, 5) is 10.1. The summed E-state index contributed by atoms with van der Waals surface area (Å²) >= 11 is 2.04. The van der Waals surface area contributed by atoms with Gasteiger partial charge in [0.05, 0.1) is 6.54 Å². The van der Waals surface area contributed by atoms with Crippen LogP contribution in [-0.4, -0.2) is 16.7 Å². The van der Waals surface area contributed by atoms with Crippen LogP contribution in [0.4, 0.5) is 4.79 Å². The van der Waals surface area contributed by atoms with E-state index < -0.39 is 0 Å². The van der Waals surface area contributed by atoms with E-state index in [0.29, 0.717) is 6.54 Å². The van der Waals surface area contributed by atoms with Gasteiger partial charge in [-0.1, -0.05) is 0 Å². The predicted octanol–water partition coefficient (Wildman–Crippen LogP) is 0.487. The van der Waals surface area contributed by atoms with E-state index in [1.807, 2.05) is 22.6 Å². The fraction of sp³-hybridized carbons (Fsp3) is 0.667. The number of alkyl carbamates (subject to hydrolysis) is 1. The van der Waals surface area contributed by atoms with E-state index in [2.05, 4.69) is 10.1 Å². The van der Waals surface area contributed by atoms with Gasteiger partial charge in [0.1, 0.15) is 0 Å². The predicted molar refractivity (Wildman–Crippen MR) is 32.3 cm³/mol. The second-order valence-corrected chi connectivity index (χ2v) is 2.59. The van der Waals surface area contributed by atoms with Crippen molar-refractivity contribution < 1.29 is 9.53 Å². The third kappa shape index (κ3) is 1.19. The summed E-state index contributed by atoms with van der Waals surface area (Å²) in [5.41, 5.74) is 0. The van der Waals surface area contributed by atoms with Gasteiger partial charge < -0.3 is 10.1 Å². The number of hydrogen-bond acceptors (Lipinski definition) is 2. The van der Waals surface area contributed by atoms with Crippen LogP contribution >= 0.6 is 22.6 Å². The molecule has 7 heavy (non-hydrogen) atoms. The maximum Gasteiger partial charge on any atom is 0.408 e. The Hall–Kier alpha value is -0.0000000000000000555. The highest BCUT2D eigenvalue weighted by molar-refractivity contribution is 14.1. The molecule has 1 aliphatic heterocycles. The summed E-state index contributed by atoms with van der Waals surface area (Å²) in [7, 11) is 0. The average Bonchev–Trinajstić information content (AvgIpc) is 1.87. The molecule has 1 fully saturated rings.